The fraction of sp³-hybridized carbons (Fsp3) is 0.471. The van der Waals surface area contributed by atoms with E-state index in [1.807, 2.05) is 0 Å². The maximum atomic E-state index is 10.7. The van der Waals surface area contributed by atoms with Gasteiger partial charge in [0.2, 0.25) is 0 Å². The number of ketones is 1. The monoisotopic (exact) mass is 353 g/mol. The number of carboxylic acid groups (broad SMARTS) is 1. The lowest BCUT2D eigenvalue weighted by molar-refractivity contribution is -0.139. The van der Waals surface area contributed by atoms with Gasteiger partial charge in [-0.15, -0.1) is 0 Å². The topological polar surface area (TPSA) is 151 Å². The number of phenols is 1. The minimum atomic E-state index is -0.874. The summed E-state index contributed by atoms with van der Waals surface area (Å²) in [7, 11) is 1.61. The number of Topliss-reactive ketones (excluding diaryl/α,β-unsaturated/α-hetero) is 1. The Hall–Kier alpha value is -2.13. The van der Waals surface area contributed by atoms with Gasteiger partial charge in [0.25, 0.3) is 0 Å². The van der Waals surface area contributed by atoms with E-state index in [1.54, 1.807) is 31.3 Å². The molecule has 1 aromatic rings. The third-order valence-electron chi connectivity index (χ3n) is 3.56. The molecular weight excluding hydrogens is 324 g/mol. The molecular formula is C17H29N4O4+. The van der Waals surface area contributed by atoms with E-state index in [4.69, 9.17) is 21.8 Å². The highest BCUT2D eigenvalue weighted by atomic mass is 16.4. The number of hydrazine groups is 1. The maximum absolute atomic E-state index is 10.7. The van der Waals surface area contributed by atoms with Crippen LogP contribution in [-0.4, -0.2) is 47.6 Å². The normalized spacial score (nSPS) is 12.6. The number of rotatable bonds is 10. The van der Waals surface area contributed by atoms with E-state index >= 15 is 0 Å². The molecule has 8 nitrogen and oxygen atoms in total. The van der Waals surface area contributed by atoms with Crippen molar-refractivity contribution in [2.75, 3.05) is 13.6 Å². The van der Waals surface area contributed by atoms with Gasteiger partial charge in [0, 0.05) is 0 Å². The predicted molar refractivity (Wildman–Crippen MR) is 96.7 cm³/mol. The molecule has 0 radical (unpaired) electrons. The van der Waals surface area contributed by atoms with Crippen molar-refractivity contribution in [3.8, 4) is 5.75 Å². The second-order valence-corrected chi connectivity index (χ2v) is 5.52. The SMILES string of the molecule is CN[C@@H](Cc1ccc(O)cc1)C(=O)O.[CH2+]C(=O)[C@H](CCCCN)NN. The summed E-state index contributed by atoms with van der Waals surface area (Å²) in [4.78, 5) is 21.4. The van der Waals surface area contributed by atoms with Crippen LogP contribution in [0.1, 0.15) is 24.8 Å². The van der Waals surface area contributed by atoms with Gasteiger partial charge in [-0.2, -0.15) is 0 Å². The predicted octanol–water partition coefficient (Wildman–Crippen LogP) is -0.0422. The van der Waals surface area contributed by atoms with Crippen molar-refractivity contribution in [3.05, 3.63) is 36.8 Å². The van der Waals surface area contributed by atoms with Crippen LogP contribution in [-0.2, 0) is 16.0 Å². The van der Waals surface area contributed by atoms with Crippen LogP contribution in [0, 0.1) is 6.92 Å². The number of aromatic hydroxyl groups is 1. The number of nitrogens with one attached hydrogen (secondary N) is 2. The number of benzene rings is 1. The molecule has 0 bridgehead atoms. The first kappa shape index (κ1) is 22.9. The minimum Gasteiger partial charge on any atom is -0.508 e. The number of unbranched alkanes of at least 4 members (excludes halogenated alkanes) is 1. The summed E-state index contributed by atoms with van der Waals surface area (Å²) in [6, 6.07) is 5.63. The molecule has 8 N–H and O–H groups in total. The van der Waals surface area contributed by atoms with Gasteiger partial charge in [0.05, 0.1) is 0 Å². The fourth-order valence-electron chi connectivity index (χ4n) is 2.01. The second-order valence-electron chi connectivity index (χ2n) is 5.52. The molecule has 1 aromatic carbocycles. The second kappa shape index (κ2) is 13.2. The Morgan fingerprint density at radius 3 is 2.20 bits per heavy atom. The van der Waals surface area contributed by atoms with Gasteiger partial charge in [-0.05, 0) is 57.0 Å². The van der Waals surface area contributed by atoms with Crippen LogP contribution < -0.4 is 22.3 Å². The van der Waals surface area contributed by atoms with Crippen LogP contribution in [0.5, 0.6) is 5.75 Å². The summed E-state index contributed by atoms with van der Waals surface area (Å²) >= 11 is 0. The number of carbonyl (C=O) groups is 2. The highest BCUT2D eigenvalue weighted by Gasteiger charge is 2.16. The number of hydrogen-bond donors (Lipinski definition) is 6. The maximum Gasteiger partial charge on any atom is 0.321 e. The molecule has 0 aliphatic carbocycles. The van der Waals surface area contributed by atoms with Crippen molar-refractivity contribution >= 4 is 11.8 Å². The van der Waals surface area contributed by atoms with Gasteiger partial charge >= 0.3 is 11.8 Å². The number of likely N-dealkylation sites (N-methyl/N-ethyl adjacent to an activating group) is 1. The molecule has 25 heavy (non-hydrogen) atoms. The van der Waals surface area contributed by atoms with Gasteiger partial charge < -0.3 is 21.3 Å². The first-order valence-corrected chi connectivity index (χ1v) is 8.05. The average Bonchev–Trinajstić information content (AvgIpc) is 2.58. The molecule has 0 unspecified atom stereocenters. The Labute approximate surface area is 148 Å². The molecule has 0 saturated carbocycles. The number of carboxylic acids is 1. The third kappa shape index (κ3) is 10.4. The largest absolute Gasteiger partial charge is 0.508 e. The molecule has 1 rings (SSSR count). The molecule has 0 aliphatic heterocycles. The molecule has 0 saturated heterocycles. The standard InChI is InChI=1S/C10H13NO3.C7H16N3O/c1-11-9(10(13)14)6-7-2-4-8(12)5-3-7;1-6(11)7(10-9)4-2-3-5-8/h2-5,9,11-12H,6H2,1H3,(H,13,14);7,10H,1-5,8-9H2/q;+1/t9-;7-/m00/s1. The van der Waals surface area contributed by atoms with E-state index in [0.29, 0.717) is 13.0 Å². The number of carbonyl (C=O) groups excluding carboxylic acids is 1. The summed E-state index contributed by atoms with van der Waals surface area (Å²) in [6.45, 7) is 3.93. The molecule has 0 spiro atoms. The Morgan fingerprint density at radius 1 is 1.20 bits per heavy atom. The Balaban J connectivity index is 0.000000477. The fourth-order valence-corrected chi connectivity index (χ4v) is 2.01. The first-order valence-electron chi connectivity index (χ1n) is 8.05. The van der Waals surface area contributed by atoms with E-state index in [1.165, 1.54) is 0 Å². The summed E-state index contributed by atoms with van der Waals surface area (Å²) in [5, 5.41) is 20.5. The van der Waals surface area contributed by atoms with E-state index in [0.717, 1.165) is 24.8 Å². The smallest absolute Gasteiger partial charge is 0.321 e. The molecule has 0 heterocycles. The van der Waals surface area contributed by atoms with Crippen LogP contribution in [0.4, 0.5) is 0 Å². The summed E-state index contributed by atoms with van der Waals surface area (Å²) < 4.78 is 0. The van der Waals surface area contributed by atoms with Gasteiger partial charge in [0.15, 0.2) is 0 Å². The van der Waals surface area contributed by atoms with Crippen LogP contribution in [0.15, 0.2) is 24.3 Å². The summed E-state index contributed by atoms with van der Waals surface area (Å²) in [5.74, 6) is 4.26. The van der Waals surface area contributed by atoms with Crippen LogP contribution in [0.25, 0.3) is 0 Å². The number of aliphatic carboxylic acids is 1. The van der Waals surface area contributed by atoms with Crippen LogP contribution in [0.2, 0.25) is 0 Å². The summed E-state index contributed by atoms with van der Waals surface area (Å²) in [6.07, 6.45) is 2.96. The van der Waals surface area contributed by atoms with Crippen molar-refractivity contribution in [1.82, 2.24) is 10.7 Å². The zero-order chi connectivity index (χ0) is 19.2. The molecule has 0 aromatic heterocycles. The molecule has 0 fully saturated rings. The lowest BCUT2D eigenvalue weighted by atomic mass is 10.1. The average molecular weight is 353 g/mol. The Morgan fingerprint density at radius 2 is 1.80 bits per heavy atom. The third-order valence-corrected chi connectivity index (χ3v) is 3.56. The molecule has 140 valence electrons. The molecule has 8 heteroatoms. The molecule has 0 aliphatic rings. The summed E-state index contributed by atoms with van der Waals surface area (Å²) in [5.41, 5.74) is 8.57. The minimum absolute atomic E-state index is 0.162. The number of phenolic OH excluding ortho intramolecular Hbond substituents is 1. The van der Waals surface area contributed by atoms with Crippen molar-refractivity contribution in [1.29, 1.82) is 0 Å². The van der Waals surface area contributed by atoms with Crippen LogP contribution >= 0.6 is 0 Å². The highest BCUT2D eigenvalue weighted by Crippen LogP contribution is 2.11. The van der Waals surface area contributed by atoms with E-state index in [2.05, 4.69) is 17.7 Å². The van der Waals surface area contributed by atoms with Crippen molar-refractivity contribution in [2.24, 2.45) is 11.6 Å². The molecule has 0 amide bonds. The lowest BCUT2D eigenvalue weighted by Gasteiger charge is -2.10. The lowest BCUT2D eigenvalue weighted by Crippen LogP contribution is -2.40. The van der Waals surface area contributed by atoms with Crippen molar-refractivity contribution in [2.45, 2.75) is 37.8 Å². The van der Waals surface area contributed by atoms with Crippen molar-refractivity contribution in [3.63, 3.8) is 0 Å². The van der Waals surface area contributed by atoms with Crippen molar-refractivity contribution < 1.29 is 19.8 Å². The zero-order valence-corrected chi connectivity index (χ0v) is 14.6. The van der Waals surface area contributed by atoms with Gasteiger partial charge in [-0.1, -0.05) is 12.1 Å². The zero-order valence-electron chi connectivity index (χ0n) is 14.6. The molecule has 2 atom stereocenters. The Bertz CT molecular complexity index is 508. The van der Waals surface area contributed by atoms with E-state index in [9.17, 15) is 9.59 Å². The number of nitrogens with two attached hydrogens (primary N) is 2. The van der Waals surface area contributed by atoms with Crippen LogP contribution in [0.3, 0.4) is 0 Å². The number of hydrogen-bond acceptors (Lipinski definition) is 7. The highest BCUT2D eigenvalue weighted by molar-refractivity contribution is 5.87. The van der Waals surface area contributed by atoms with E-state index in [-0.39, 0.29) is 17.6 Å². The van der Waals surface area contributed by atoms with Gasteiger partial charge in [-0.25, -0.2) is 10.2 Å². The van der Waals surface area contributed by atoms with Gasteiger partial charge in [-0.3, -0.25) is 10.6 Å². The first-order chi connectivity index (χ1) is 11.8. The quantitative estimate of drug-likeness (QED) is 0.148. The van der Waals surface area contributed by atoms with E-state index < -0.39 is 12.0 Å². The Kier molecular flexibility index (Phi) is 12.1. The van der Waals surface area contributed by atoms with Gasteiger partial charge in [0.1, 0.15) is 24.8 Å².